The molecule has 7 heteroatoms. The molecule has 0 radical (unpaired) electrons. The van der Waals surface area contributed by atoms with Gasteiger partial charge in [-0.2, -0.15) is 5.10 Å². The summed E-state index contributed by atoms with van der Waals surface area (Å²) in [4.78, 5) is 12.6. The Morgan fingerprint density at radius 1 is 1.19 bits per heavy atom. The number of aliphatic hydroxyl groups excluding tert-OH is 1. The van der Waals surface area contributed by atoms with Crippen molar-refractivity contribution >= 4 is 5.91 Å². The first kappa shape index (κ1) is 18.7. The van der Waals surface area contributed by atoms with Crippen LogP contribution >= 0.6 is 0 Å². The Morgan fingerprint density at radius 3 is 2.48 bits per heavy atom. The Kier molecular flexibility index (Phi) is 5.32. The highest BCUT2D eigenvalue weighted by molar-refractivity contribution is 5.95. The molecule has 0 saturated heterocycles. The van der Waals surface area contributed by atoms with Crippen LogP contribution < -0.4 is 5.32 Å². The Bertz CT molecular complexity index is 936. The first-order chi connectivity index (χ1) is 12.9. The highest BCUT2D eigenvalue weighted by atomic mass is 19.1. The Labute approximate surface area is 155 Å². The van der Waals surface area contributed by atoms with Crippen LogP contribution in [-0.4, -0.2) is 21.2 Å². The maximum atomic E-state index is 13.9. The van der Waals surface area contributed by atoms with Gasteiger partial charge in [0.15, 0.2) is 0 Å². The maximum absolute atomic E-state index is 13.9. The number of H-pyrrole nitrogens is 1. The number of halogens is 2. The predicted octanol–water partition coefficient (Wildman–Crippen LogP) is 3.90. The molecule has 0 bridgehead atoms. The smallest absolute Gasteiger partial charge is 0.251 e. The van der Waals surface area contributed by atoms with Crippen molar-refractivity contribution in [3.05, 3.63) is 77.1 Å². The van der Waals surface area contributed by atoms with E-state index in [2.05, 4.69) is 15.5 Å². The van der Waals surface area contributed by atoms with E-state index >= 15 is 0 Å². The third-order valence-corrected chi connectivity index (χ3v) is 4.35. The van der Waals surface area contributed by atoms with Crippen LogP contribution in [0.3, 0.4) is 0 Å². The number of hydrogen-bond donors (Lipinski definition) is 3. The largest absolute Gasteiger partial charge is 0.389 e. The standard InChI is InChI=1S/C20H19F2N3O2/c1-11(19-17(21)4-3-5-18(19)22)25-20(27)13-6-7-15(14-9-23-24-10-14)16(8-13)12(2)26/h3-12,26H,1-2H3,(H,23,24)(H,25,27)/t11-,12?/m1/s1. The molecule has 140 valence electrons. The number of nitrogens with zero attached hydrogens (tertiary/aromatic N) is 1. The highest BCUT2D eigenvalue weighted by Gasteiger charge is 2.20. The van der Waals surface area contributed by atoms with Crippen molar-refractivity contribution in [3.63, 3.8) is 0 Å². The lowest BCUT2D eigenvalue weighted by molar-refractivity contribution is 0.0938. The fraction of sp³-hybridized carbons (Fsp3) is 0.200. The van der Waals surface area contributed by atoms with E-state index in [1.54, 1.807) is 37.5 Å². The van der Waals surface area contributed by atoms with Gasteiger partial charge in [0.1, 0.15) is 11.6 Å². The lowest BCUT2D eigenvalue weighted by Crippen LogP contribution is -2.28. The molecule has 0 spiro atoms. The van der Waals surface area contributed by atoms with Gasteiger partial charge in [-0.15, -0.1) is 0 Å². The molecule has 0 aliphatic rings. The average molecular weight is 371 g/mol. The normalized spacial score (nSPS) is 13.2. The molecule has 2 atom stereocenters. The first-order valence-electron chi connectivity index (χ1n) is 8.44. The average Bonchev–Trinajstić information content (AvgIpc) is 3.15. The number of amides is 1. The summed E-state index contributed by atoms with van der Waals surface area (Å²) in [7, 11) is 0. The Hall–Kier alpha value is -3.06. The number of carbonyl (C=O) groups is 1. The van der Waals surface area contributed by atoms with Crippen LogP contribution in [0.15, 0.2) is 48.8 Å². The van der Waals surface area contributed by atoms with E-state index in [-0.39, 0.29) is 11.1 Å². The van der Waals surface area contributed by atoms with Gasteiger partial charge >= 0.3 is 0 Å². The number of nitrogens with one attached hydrogen (secondary N) is 2. The lowest BCUT2D eigenvalue weighted by atomic mass is 9.96. The summed E-state index contributed by atoms with van der Waals surface area (Å²) in [6.45, 7) is 3.10. The number of aromatic amines is 1. The van der Waals surface area contributed by atoms with Gasteiger partial charge in [0.25, 0.3) is 5.91 Å². The molecule has 1 aromatic heterocycles. The molecule has 0 aliphatic carbocycles. The molecular formula is C20H19F2N3O2. The van der Waals surface area contributed by atoms with Crippen molar-refractivity contribution < 1.29 is 18.7 Å². The van der Waals surface area contributed by atoms with E-state index in [1.807, 2.05) is 0 Å². The van der Waals surface area contributed by atoms with Crippen molar-refractivity contribution in [1.29, 1.82) is 0 Å². The molecule has 0 fully saturated rings. The Balaban J connectivity index is 1.88. The van der Waals surface area contributed by atoms with Crippen LogP contribution in [0.4, 0.5) is 8.78 Å². The van der Waals surface area contributed by atoms with Crippen LogP contribution in [0.1, 0.15) is 47.5 Å². The fourth-order valence-electron chi connectivity index (χ4n) is 2.99. The zero-order chi connectivity index (χ0) is 19.6. The van der Waals surface area contributed by atoms with E-state index in [9.17, 15) is 18.7 Å². The van der Waals surface area contributed by atoms with Crippen molar-refractivity contribution in [2.75, 3.05) is 0 Å². The summed E-state index contributed by atoms with van der Waals surface area (Å²) in [5, 5.41) is 19.3. The zero-order valence-corrected chi connectivity index (χ0v) is 14.8. The molecule has 0 aliphatic heterocycles. The molecule has 0 saturated carbocycles. The van der Waals surface area contributed by atoms with E-state index in [0.29, 0.717) is 5.56 Å². The van der Waals surface area contributed by atoms with Gasteiger partial charge in [-0.3, -0.25) is 9.89 Å². The van der Waals surface area contributed by atoms with Crippen LogP contribution in [0.25, 0.3) is 11.1 Å². The number of rotatable bonds is 5. The third-order valence-electron chi connectivity index (χ3n) is 4.35. The minimum atomic E-state index is -0.859. The number of hydrogen-bond acceptors (Lipinski definition) is 3. The van der Waals surface area contributed by atoms with Gasteiger partial charge in [0.05, 0.1) is 18.3 Å². The van der Waals surface area contributed by atoms with Crippen LogP contribution in [-0.2, 0) is 0 Å². The molecular weight excluding hydrogens is 352 g/mol. The molecule has 2 aromatic carbocycles. The molecule has 1 amide bonds. The van der Waals surface area contributed by atoms with Gasteiger partial charge in [-0.25, -0.2) is 8.78 Å². The lowest BCUT2D eigenvalue weighted by Gasteiger charge is -2.17. The molecule has 5 nitrogen and oxygen atoms in total. The molecule has 3 N–H and O–H groups in total. The molecule has 1 heterocycles. The van der Waals surface area contributed by atoms with Crippen molar-refractivity contribution in [1.82, 2.24) is 15.5 Å². The quantitative estimate of drug-likeness (QED) is 0.637. The summed E-state index contributed by atoms with van der Waals surface area (Å²) in [6, 6.07) is 7.56. The number of benzene rings is 2. The SMILES string of the molecule is CC(O)c1cc(C(=O)N[C@H](C)c2c(F)cccc2F)ccc1-c1cn[nH]c1. The predicted molar refractivity (Wildman–Crippen MR) is 96.9 cm³/mol. The van der Waals surface area contributed by atoms with Gasteiger partial charge in [0.2, 0.25) is 0 Å². The molecule has 27 heavy (non-hydrogen) atoms. The zero-order valence-electron chi connectivity index (χ0n) is 14.8. The highest BCUT2D eigenvalue weighted by Crippen LogP contribution is 2.29. The third kappa shape index (κ3) is 3.88. The second-order valence-corrected chi connectivity index (χ2v) is 6.30. The Morgan fingerprint density at radius 2 is 1.89 bits per heavy atom. The van der Waals surface area contributed by atoms with E-state index in [0.717, 1.165) is 23.3 Å². The van der Waals surface area contributed by atoms with E-state index in [1.165, 1.54) is 13.0 Å². The monoisotopic (exact) mass is 371 g/mol. The van der Waals surface area contributed by atoms with E-state index in [4.69, 9.17) is 0 Å². The second kappa shape index (κ2) is 7.67. The summed E-state index contributed by atoms with van der Waals surface area (Å²) < 4.78 is 27.8. The van der Waals surface area contributed by atoms with E-state index < -0.39 is 29.7 Å². The van der Waals surface area contributed by atoms with Gasteiger partial charge in [-0.1, -0.05) is 12.1 Å². The number of aromatic nitrogens is 2. The number of aliphatic hydroxyl groups is 1. The fourth-order valence-corrected chi connectivity index (χ4v) is 2.99. The van der Waals surface area contributed by atoms with Crippen LogP contribution in [0.2, 0.25) is 0 Å². The molecule has 3 aromatic rings. The first-order valence-corrected chi connectivity index (χ1v) is 8.44. The van der Waals surface area contributed by atoms with Crippen LogP contribution in [0.5, 0.6) is 0 Å². The van der Waals surface area contributed by atoms with Crippen molar-refractivity contribution in [2.24, 2.45) is 0 Å². The van der Waals surface area contributed by atoms with Gasteiger partial charge < -0.3 is 10.4 Å². The second-order valence-electron chi connectivity index (χ2n) is 6.30. The minimum absolute atomic E-state index is 0.198. The minimum Gasteiger partial charge on any atom is -0.389 e. The maximum Gasteiger partial charge on any atom is 0.251 e. The molecule has 1 unspecified atom stereocenters. The summed E-state index contributed by atoms with van der Waals surface area (Å²) in [6.07, 6.45) is 2.48. The number of carbonyl (C=O) groups excluding carboxylic acids is 1. The van der Waals surface area contributed by atoms with Crippen molar-refractivity contribution in [2.45, 2.75) is 26.0 Å². The van der Waals surface area contributed by atoms with Gasteiger partial charge in [0, 0.05) is 22.9 Å². The summed E-state index contributed by atoms with van der Waals surface area (Å²) in [5.41, 5.74) is 2.15. The van der Waals surface area contributed by atoms with Gasteiger partial charge in [-0.05, 0) is 49.2 Å². The topological polar surface area (TPSA) is 78.0 Å². The summed E-state index contributed by atoms with van der Waals surface area (Å²) >= 11 is 0. The summed E-state index contributed by atoms with van der Waals surface area (Å²) in [5.74, 6) is -1.93. The van der Waals surface area contributed by atoms with Crippen molar-refractivity contribution in [3.8, 4) is 11.1 Å². The molecule has 3 rings (SSSR count). The van der Waals surface area contributed by atoms with Crippen LogP contribution in [0, 0.1) is 11.6 Å².